The maximum Gasteiger partial charge on any atom is 0.273 e. The number of nitro groups is 1. The van der Waals surface area contributed by atoms with Gasteiger partial charge in [-0.2, -0.15) is 0 Å². The molecular formula is C14H12ClNO5. The first kappa shape index (κ1) is 15.1. The normalized spacial score (nSPS) is 10.2. The van der Waals surface area contributed by atoms with Gasteiger partial charge in [-0.1, -0.05) is 17.7 Å². The summed E-state index contributed by atoms with van der Waals surface area (Å²) in [6, 6.07) is 8.87. The average Bonchev–Trinajstić information content (AvgIpc) is 2.47. The van der Waals surface area contributed by atoms with Crippen molar-refractivity contribution >= 4 is 17.3 Å². The summed E-state index contributed by atoms with van der Waals surface area (Å²) in [6.07, 6.45) is 0. The Kier molecular flexibility index (Phi) is 4.62. The van der Waals surface area contributed by atoms with E-state index < -0.39 is 4.92 Å². The molecule has 0 aromatic heterocycles. The summed E-state index contributed by atoms with van der Waals surface area (Å²) in [5.41, 5.74) is 0.493. The average molecular weight is 310 g/mol. The lowest BCUT2D eigenvalue weighted by Crippen LogP contribution is -1.94. The van der Waals surface area contributed by atoms with Gasteiger partial charge in [-0.3, -0.25) is 10.1 Å². The van der Waals surface area contributed by atoms with Crippen molar-refractivity contribution in [2.75, 3.05) is 7.11 Å². The van der Waals surface area contributed by atoms with E-state index in [-0.39, 0.29) is 18.0 Å². The highest BCUT2D eigenvalue weighted by atomic mass is 35.5. The maximum atomic E-state index is 10.7. The molecule has 0 fully saturated rings. The standard InChI is InChI=1S/C14H12ClNO5/c1-20-14-6-10(16(18)19)3-5-13(14)21-11-4-2-9(8-17)12(15)7-11/h2-7,17H,8H2,1H3. The first-order valence-electron chi connectivity index (χ1n) is 5.94. The highest BCUT2D eigenvalue weighted by molar-refractivity contribution is 6.31. The van der Waals surface area contributed by atoms with Crippen LogP contribution in [0.25, 0.3) is 0 Å². The fourth-order valence-electron chi connectivity index (χ4n) is 1.70. The Balaban J connectivity index is 2.30. The van der Waals surface area contributed by atoms with Crippen LogP contribution in [0.4, 0.5) is 5.69 Å². The highest BCUT2D eigenvalue weighted by Crippen LogP contribution is 2.35. The van der Waals surface area contributed by atoms with Crippen LogP contribution in [0.1, 0.15) is 5.56 Å². The number of hydrogen-bond acceptors (Lipinski definition) is 5. The number of nitro benzene ring substituents is 1. The van der Waals surface area contributed by atoms with Gasteiger partial charge in [0.25, 0.3) is 5.69 Å². The van der Waals surface area contributed by atoms with E-state index in [4.69, 9.17) is 26.2 Å². The number of rotatable bonds is 5. The number of nitrogens with zero attached hydrogens (tertiary/aromatic N) is 1. The molecule has 0 amide bonds. The van der Waals surface area contributed by atoms with Crippen LogP contribution < -0.4 is 9.47 Å². The summed E-state index contributed by atoms with van der Waals surface area (Å²) in [5, 5.41) is 20.1. The SMILES string of the molecule is COc1cc([N+](=O)[O-])ccc1Oc1ccc(CO)c(Cl)c1. The number of hydrogen-bond donors (Lipinski definition) is 1. The predicted octanol–water partition coefficient (Wildman–Crippen LogP) is 3.54. The molecule has 2 aromatic rings. The van der Waals surface area contributed by atoms with Crippen molar-refractivity contribution in [3.8, 4) is 17.2 Å². The molecule has 2 aromatic carbocycles. The minimum atomic E-state index is -0.515. The summed E-state index contributed by atoms with van der Waals surface area (Å²) in [6.45, 7) is -0.167. The van der Waals surface area contributed by atoms with E-state index in [0.717, 1.165) is 0 Å². The fourth-order valence-corrected chi connectivity index (χ4v) is 1.93. The summed E-state index contributed by atoms with van der Waals surface area (Å²) in [4.78, 5) is 10.2. The maximum absolute atomic E-state index is 10.7. The number of benzene rings is 2. The van der Waals surface area contributed by atoms with Crippen LogP contribution in [0.2, 0.25) is 5.02 Å². The first-order valence-corrected chi connectivity index (χ1v) is 6.32. The van der Waals surface area contributed by atoms with E-state index in [1.807, 2.05) is 0 Å². The minimum Gasteiger partial charge on any atom is -0.493 e. The van der Waals surface area contributed by atoms with Crippen LogP contribution in [-0.2, 0) is 6.61 Å². The molecule has 21 heavy (non-hydrogen) atoms. The highest BCUT2D eigenvalue weighted by Gasteiger charge is 2.13. The molecule has 0 aliphatic heterocycles. The van der Waals surface area contributed by atoms with Gasteiger partial charge < -0.3 is 14.6 Å². The molecule has 0 atom stereocenters. The summed E-state index contributed by atoms with van der Waals surface area (Å²) in [5.74, 6) is 1.01. The Morgan fingerprint density at radius 3 is 2.57 bits per heavy atom. The van der Waals surface area contributed by atoms with Crippen molar-refractivity contribution < 1.29 is 19.5 Å². The second-order valence-electron chi connectivity index (χ2n) is 4.11. The van der Waals surface area contributed by atoms with Crippen LogP contribution in [0.3, 0.4) is 0 Å². The lowest BCUT2D eigenvalue weighted by molar-refractivity contribution is -0.384. The van der Waals surface area contributed by atoms with Crippen molar-refractivity contribution in [2.24, 2.45) is 0 Å². The van der Waals surface area contributed by atoms with Crippen molar-refractivity contribution in [1.82, 2.24) is 0 Å². The molecule has 2 rings (SSSR count). The Labute approximate surface area is 125 Å². The van der Waals surface area contributed by atoms with Crippen LogP contribution >= 0.6 is 11.6 Å². The number of methoxy groups -OCH3 is 1. The van der Waals surface area contributed by atoms with E-state index in [1.54, 1.807) is 18.2 Å². The number of aliphatic hydroxyl groups excluding tert-OH is 1. The van der Waals surface area contributed by atoms with Crippen LogP contribution in [0.5, 0.6) is 17.2 Å². The fraction of sp³-hybridized carbons (Fsp3) is 0.143. The van der Waals surface area contributed by atoms with E-state index in [9.17, 15) is 10.1 Å². The first-order chi connectivity index (χ1) is 10.0. The molecule has 0 unspecified atom stereocenters. The lowest BCUT2D eigenvalue weighted by atomic mass is 10.2. The molecule has 0 aliphatic rings. The van der Waals surface area contributed by atoms with Gasteiger partial charge in [-0.25, -0.2) is 0 Å². The third-order valence-corrected chi connectivity index (χ3v) is 3.13. The van der Waals surface area contributed by atoms with Crippen molar-refractivity contribution in [3.05, 3.63) is 57.1 Å². The molecule has 0 aliphatic carbocycles. The van der Waals surface area contributed by atoms with Crippen LogP contribution in [0.15, 0.2) is 36.4 Å². The van der Waals surface area contributed by atoms with E-state index in [0.29, 0.717) is 22.1 Å². The van der Waals surface area contributed by atoms with E-state index >= 15 is 0 Å². The van der Waals surface area contributed by atoms with Crippen molar-refractivity contribution in [2.45, 2.75) is 6.61 Å². The molecule has 0 radical (unpaired) electrons. The van der Waals surface area contributed by atoms with Gasteiger partial charge in [0, 0.05) is 11.1 Å². The molecule has 0 saturated heterocycles. The molecule has 0 bridgehead atoms. The van der Waals surface area contributed by atoms with Crippen molar-refractivity contribution in [3.63, 3.8) is 0 Å². The molecular weight excluding hydrogens is 298 g/mol. The van der Waals surface area contributed by atoms with E-state index in [2.05, 4.69) is 0 Å². The molecule has 6 nitrogen and oxygen atoms in total. The summed E-state index contributed by atoms with van der Waals surface area (Å²) in [7, 11) is 1.40. The van der Waals surface area contributed by atoms with Gasteiger partial charge >= 0.3 is 0 Å². The Bertz CT molecular complexity index is 674. The van der Waals surface area contributed by atoms with Gasteiger partial charge in [0.15, 0.2) is 11.5 Å². The van der Waals surface area contributed by atoms with Gasteiger partial charge in [0.2, 0.25) is 0 Å². The second kappa shape index (κ2) is 6.43. The lowest BCUT2D eigenvalue weighted by Gasteiger charge is -2.11. The zero-order valence-corrected chi connectivity index (χ0v) is 11.8. The Morgan fingerprint density at radius 2 is 2.00 bits per heavy atom. The smallest absolute Gasteiger partial charge is 0.273 e. The van der Waals surface area contributed by atoms with Gasteiger partial charge in [-0.05, 0) is 23.8 Å². The molecule has 0 saturated carbocycles. The van der Waals surface area contributed by atoms with Gasteiger partial charge in [-0.15, -0.1) is 0 Å². The predicted molar refractivity (Wildman–Crippen MR) is 77.1 cm³/mol. The monoisotopic (exact) mass is 309 g/mol. The number of non-ortho nitro benzene ring substituents is 1. The van der Waals surface area contributed by atoms with Crippen molar-refractivity contribution in [1.29, 1.82) is 0 Å². The van der Waals surface area contributed by atoms with E-state index in [1.165, 1.54) is 25.3 Å². The second-order valence-corrected chi connectivity index (χ2v) is 4.51. The molecule has 110 valence electrons. The molecule has 0 spiro atoms. The summed E-state index contributed by atoms with van der Waals surface area (Å²) < 4.78 is 10.7. The zero-order chi connectivity index (χ0) is 15.4. The largest absolute Gasteiger partial charge is 0.493 e. The number of ether oxygens (including phenoxy) is 2. The Hall–Kier alpha value is -2.31. The molecule has 1 N–H and O–H groups in total. The van der Waals surface area contributed by atoms with Gasteiger partial charge in [0.05, 0.1) is 24.7 Å². The van der Waals surface area contributed by atoms with Crippen LogP contribution in [0, 0.1) is 10.1 Å². The quantitative estimate of drug-likeness (QED) is 0.674. The topological polar surface area (TPSA) is 81.8 Å². The van der Waals surface area contributed by atoms with Crippen LogP contribution in [-0.4, -0.2) is 17.1 Å². The van der Waals surface area contributed by atoms with Gasteiger partial charge in [0.1, 0.15) is 5.75 Å². The zero-order valence-electron chi connectivity index (χ0n) is 11.1. The molecule has 0 heterocycles. The minimum absolute atomic E-state index is 0.0899. The third kappa shape index (κ3) is 3.42. The molecule has 7 heteroatoms. The number of halogens is 1. The summed E-state index contributed by atoms with van der Waals surface area (Å²) >= 11 is 5.98. The Morgan fingerprint density at radius 1 is 1.24 bits per heavy atom. The third-order valence-electron chi connectivity index (χ3n) is 2.78. The number of aliphatic hydroxyl groups is 1.